The van der Waals surface area contributed by atoms with Crippen molar-refractivity contribution < 1.29 is 25.6 Å². The fraction of sp³-hybridized carbons (Fsp3) is 0.692. The maximum absolute atomic E-state index is 14.8. The van der Waals surface area contributed by atoms with Gasteiger partial charge in [0.15, 0.2) is 0 Å². The Balaban J connectivity index is 1.31. The van der Waals surface area contributed by atoms with Crippen LogP contribution in [0.2, 0.25) is 0 Å². The minimum atomic E-state index is -4.41. The van der Waals surface area contributed by atoms with Crippen LogP contribution in [0.4, 0.5) is 0 Å². The van der Waals surface area contributed by atoms with Crippen LogP contribution in [-0.2, 0) is 20.2 Å². The molecule has 8 heteroatoms. The summed E-state index contributed by atoms with van der Waals surface area (Å²) in [6, 6.07) is 9.68. The first-order chi connectivity index (χ1) is 21.9. The highest BCUT2D eigenvalue weighted by molar-refractivity contribution is 7.87. The van der Waals surface area contributed by atoms with Crippen molar-refractivity contribution in [3.8, 4) is 5.75 Å². The van der Waals surface area contributed by atoms with Gasteiger partial charge in [0.1, 0.15) is 10.6 Å². The highest BCUT2D eigenvalue weighted by Crippen LogP contribution is 2.68. The van der Waals surface area contributed by atoms with E-state index in [-0.39, 0.29) is 33.3 Å². The standard InChI is InChI=1S/C39H52O6S2/c1-37(2)23-7-14-33(37)28(19-23)22-17-31(29-20-24-8-15-34(29)38(24,3)4)36(32(18-22)30-21-25-9-16-35(30)39(25,5)6)47(43,44)45-26-10-12-27(13-11-26)46(40,41)42/h10-13,17-18,23-25,28-30,33-35H,7-9,14-16,19-21H2,1-6H3,(H,40,41,42). The molecular weight excluding hydrogens is 629 g/mol. The number of hydrogen-bond donors (Lipinski definition) is 1. The molecule has 0 saturated heterocycles. The quantitative estimate of drug-likeness (QED) is 0.231. The number of fused-ring (bicyclic) bond motifs is 6. The van der Waals surface area contributed by atoms with Gasteiger partial charge in [0.25, 0.3) is 10.1 Å². The molecule has 0 spiro atoms. The molecule has 256 valence electrons. The van der Waals surface area contributed by atoms with Crippen molar-refractivity contribution in [2.45, 2.75) is 127 Å². The van der Waals surface area contributed by atoms with E-state index in [2.05, 4.69) is 53.7 Å². The molecular formula is C39H52O6S2. The third-order valence-corrected chi connectivity index (χ3v) is 17.8. The molecule has 6 nitrogen and oxygen atoms in total. The van der Waals surface area contributed by atoms with Crippen molar-refractivity contribution >= 4 is 20.2 Å². The van der Waals surface area contributed by atoms with Crippen molar-refractivity contribution in [3.63, 3.8) is 0 Å². The zero-order valence-corrected chi connectivity index (χ0v) is 30.5. The Labute approximate surface area is 282 Å². The highest BCUT2D eigenvalue weighted by Gasteiger charge is 2.58. The van der Waals surface area contributed by atoms with Crippen LogP contribution in [0, 0.1) is 51.8 Å². The topological polar surface area (TPSA) is 97.7 Å². The summed E-state index contributed by atoms with van der Waals surface area (Å²) in [4.78, 5) is 0.0967. The summed E-state index contributed by atoms with van der Waals surface area (Å²) < 4.78 is 68.5. The number of hydrogen-bond acceptors (Lipinski definition) is 5. The summed E-state index contributed by atoms with van der Waals surface area (Å²) in [5.41, 5.74) is 3.94. The molecule has 6 aliphatic carbocycles. The van der Waals surface area contributed by atoms with Gasteiger partial charge in [-0.3, -0.25) is 4.55 Å². The van der Waals surface area contributed by atoms with Crippen LogP contribution in [0.1, 0.15) is 134 Å². The van der Waals surface area contributed by atoms with E-state index in [1.165, 1.54) is 61.9 Å². The van der Waals surface area contributed by atoms with Crippen LogP contribution >= 0.6 is 0 Å². The van der Waals surface area contributed by atoms with Gasteiger partial charge in [-0.1, -0.05) is 53.7 Å². The maximum Gasteiger partial charge on any atom is 0.339 e. The van der Waals surface area contributed by atoms with Crippen molar-refractivity contribution in [1.29, 1.82) is 0 Å². The molecule has 47 heavy (non-hydrogen) atoms. The van der Waals surface area contributed by atoms with E-state index < -0.39 is 20.2 Å². The fourth-order valence-corrected chi connectivity index (χ4v) is 14.7. The Morgan fingerprint density at radius 3 is 1.36 bits per heavy atom. The van der Waals surface area contributed by atoms with Gasteiger partial charge in [-0.2, -0.15) is 16.8 Å². The van der Waals surface area contributed by atoms with Crippen LogP contribution < -0.4 is 4.18 Å². The van der Waals surface area contributed by atoms with E-state index in [0.717, 1.165) is 36.8 Å². The molecule has 0 aliphatic heterocycles. The van der Waals surface area contributed by atoms with Gasteiger partial charge in [0, 0.05) is 0 Å². The third-order valence-electron chi connectivity index (χ3n) is 15.5. The second-order valence-electron chi connectivity index (χ2n) is 18.1. The molecule has 0 amide bonds. The smallest absolute Gasteiger partial charge is 0.339 e. The molecule has 9 unspecified atom stereocenters. The van der Waals surface area contributed by atoms with E-state index in [1.807, 2.05) is 0 Å². The van der Waals surface area contributed by atoms with Crippen molar-refractivity contribution in [3.05, 3.63) is 53.1 Å². The molecule has 6 aliphatic rings. The minimum absolute atomic E-state index is 0.0507. The first-order valence-electron chi connectivity index (χ1n) is 18.1. The molecule has 6 saturated carbocycles. The third kappa shape index (κ3) is 4.76. The van der Waals surface area contributed by atoms with Crippen LogP contribution in [0.25, 0.3) is 0 Å². The Bertz CT molecular complexity index is 1760. The van der Waals surface area contributed by atoms with Gasteiger partial charge in [-0.05, 0) is 168 Å². The Kier molecular flexibility index (Phi) is 7.09. The summed E-state index contributed by atoms with van der Waals surface area (Å²) >= 11 is 0. The first-order valence-corrected chi connectivity index (χ1v) is 20.9. The van der Waals surface area contributed by atoms with Crippen molar-refractivity contribution in [1.82, 2.24) is 0 Å². The van der Waals surface area contributed by atoms with Gasteiger partial charge in [0.2, 0.25) is 0 Å². The van der Waals surface area contributed by atoms with E-state index >= 15 is 0 Å². The normalized spacial score (nSPS) is 37.6. The average molecular weight is 681 g/mol. The molecule has 6 bridgehead atoms. The predicted octanol–water partition coefficient (Wildman–Crippen LogP) is 9.32. The molecule has 6 fully saturated rings. The molecule has 1 N–H and O–H groups in total. The fourth-order valence-electron chi connectivity index (χ4n) is 12.8. The van der Waals surface area contributed by atoms with Crippen molar-refractivity contribution in [2.75, 3.05) is 0 Å². The summed E-state index contributed by atoms with van der Waals surface area (Å²) in [6.07, 6.45) is 10.4. The number of benzene rings is 2. The monoisotopic (exact) mass is 680 g/mol. The zero-order valence-electron chi connectivity index (χ0n) is 28.8. The Morgan fingerprint density at radius 1 is 0.617 bits per heavy atom. The second-order valence-corrected chi connectivity index (χ2v) is 21.1. The molecule has 9 atom stereocenters. The highest BCUT2D eigenvalue weighted by atomic mass is 32.2. The van der Waals surface area contributed by atoms with Gasteiger partial charge >= 0.3 is 10.1 Å². The van der Waals surface area contributed by atoms with E-state index in [9.17, 15) is 21.4 Å². The summed E-state index contributed by atoms with van der Waals surface area (Å²) in [7, 11) is -8.70. The average Bonchev–Trinajstić information content (AvgIpc) is 3.77. The van der Waals surface area contributed by atoms with Crippen LogP contribution in [0.15, 0.2) is 46.2 Å². The molecule has 2 aromatic carbocycles. The predicted molar refractivity (Wildman–Crippen MR) is 183 cm³/mol. The summed E-state index contributed by atoms with van der Waals surface area (Å²) in [5, 5.41) is 0. The molecule has 0 heterocycles. The lowest BCUT2D eigenvalue weighted by Gasteiger charge is -2.34. The minimum Gasteiger partial charge on any atom is -0.379 e. The molecule has 0 radical (unpaired) electrons. The first kappa shape index (κ1) is 32.3. The van der Waals surface area contributed by atoms with E-state index in [1.54, 1.807) is 0 Å². The zero-order chi connectivity index (χ0) is 33.5. The SMILES string of the molecule is CC1(C)C2CCC1C(c1cc(C3CC4CCC3C4(C)C)c(S(=O)(=O)Oc3ccc(S(=O)(=O)O)cc3)c(C3CC4CCC3C4(C)C)c1)C2. The summed E-state index contributed by atoms with van der Waals surface area (Å²) in [5.74, 6) is 4.16. The molecule has 2 aromatic rings. The lowest BCUT2D eigenvalue weighted by Crippen LogP contribution is -2.25. The largest absolute Gasteiger partial charge is 0.379 e. The Hall–Kier alpha value is -1.90. The number of rotatable bonds is 7. The second kappa shape index (κ2) is 10.3. The van der Waals surface area contributed by atoms with Crippen LogP contribution in [0.5, 0.6) is 5.75 Å². The molecule has 8 rings (SSSR count). The lowest BCUT2D eigenvalue weighted by molar-refractivity contribution is 0.250. The van der Waals surface area contributed by atoms with Crippen LogP contribution in [-0.4, -0.2) is 21.4 Å². The van der Waals surface area contributed by atoms with E-state index in [4.69, 9.17) is 4.18 Å². The Morgan fingerprint density at radius 2 is 1.02 bits per heavy atom. The summed E-state index contributed by atoms with van der Waals surface area (Å²) in [6.45, 7) is 14.5. The van der Waals surface area contributed by atoms with Crippen molar-refractivity contribution in [2.24, 2.45) is 51.8 Å². The van der Waals surface area contributed by atoms with Gasteiger partial charge in [-0.15, -0.1) is 0 Å². The van der Waals surface area contributed by atoms with Gasteiger partial charge in [0.05, 0.1) is 4.90 Å². The van der Waals surface area contributed by atoms with Gasteiger partial charge in [-0.25, -0.2) is 0 Å². The molecule has 0 aromatic heterocycles. The maximum atomic E-state index is 14.8. The van der Waals surface area contributed by atoms with Crippen LogP contribution in [0.3, 0.4) is 0 Å². The lowest BCUT2D eigenvalue weighted by atomic mass is 9.72. The van der Waals surface area contributed by atoms with Gasteiger partial charge < -0.3 is 4.18 Å². The van der Waals surface area contributed by atoms with E-state index in [0.29, 0.717) is 51.7 Å².